The number of hydrogen-bond donors (Lipinski definition) is 5. The first-order chi connectivity index (χ1) is 26.7. The first-order valence-electron chi connectivity index (χ1n) is 17.6. The maximum absolute atomic E-state index is 13.0. The highest BCUT2D eigenvalue weighted by Gasteiger charge is 2.45. The number of carbonyl (C=O) groups is 3. The molecule has 0 spiro atoms. The van der Waals surface area contributed by atoms with E-state index in [4.69, 9.17) is 16.3 Å². The molecule has 1 saturated carbocycles. The van der Waals surface area contributed by atoms with Crippen molar-refractivity contribution in [2.75, 3.05) is 35.6 Å². The molecule has 1 aliphatic carbocycles. The van der Waals surface area contributed by atoms with Crippen LogP contribution in [0.4, 0.5) is 36.4 Å². The molecule has 56 heavy (non-hydrogen) atoms. The number of nitrogens with zero attached hydrogens (tertiary/aromatic N) is 3. The summed E-state index contributed by atoms with van der Waals surface area (Å²) in [7, 11) is 0. The Hall–Kier alpha value is -6.22. The van der Waals surface area contributed by atoms with Gasteiger partial charge in [-0.3, -0.25) is 14.4 Å². The summed E-state index contributed by atoms with van der Waals surface area (Å²) in [5, 5.41) is 14.8. The lowest BCUT2D eigenvalue weighted by atomic mass is 9.93. The SMILES string of the molecule is CC(C)(CNC(=O)C(=O)Nc1ccc(-c2ccccc2)cc1)CNC(=O)c1ccc(Nc2nc(NC3(c4ccc(Cl)cc4)CC3)nc(OCC(F)(F)F)n2)cc1. The van der Waals surface area contributed by atoms with E-state index in [0.29, 0.717) is 22.0 Å². The standard InChI is InChI=1S/C40H38ClF3N8O4/c1-38(2,23-46-33(54)34(55)47-30-16-8-26(9-17-30)25-6-4-3-5-7-25)22-45-32(53)27-10-18-31(19-11-27)48-35-49-36(51-37(50-35)56-24-40(42,43)44)52-39(20-21-39)28-12-14-29(41)15-13-28/h3-19H,20-24H2,1-2H3,(H,45,53)(H,46,54)(H,47,55)(H2,48,49,50,51,52). The Kier molecular flexibility index (Phi) is 11.7. The van der Waals surface area contributed by atoms with Crippen LogP contribution in [0.1, 0.15) is 42.6 Å². The molecule has 0 bridgehead atoms. The molecule has 290 valence electrons. The van der Waals surface area contributed by atoms with Crippen molar-refractivity contribution < 1.29 is 32.3 Å². The molecule has 5 aromatic rings. The van der Waals surface area contributed by atoms with Gasteiger partial charge in [-0.1, -0.05) is 80.0 Å². The van der Waals surface area contributed by atoms with Gasteiger partial charge >= 0.3 is 24.0 Å². The zero-order chi connectivity index (χ0) is 39.9. The molecule has 1 aliphatic rings. The van der Waals surface area contributed by atoms with Crippen molar-refractivity contribution in [3.05, 3.63) is 119 Å². The first-order valence-corrected chi connectivity index (χ1v) is 17.9. The quantitative estimate of drug-likeness (QED) is 0.0720. The summed E-state index contributed by atoms with van der Waals surface area (Å²) < 4.78 is 43.7. The number of ether oxygens (including phenoxy) is 1. The van der Waals surface area contributed by atoms with E-state index in [2.05, 4.69) is 41.5 Å². The van der Waals surface area contributed by atoms with Gasteiger partial charge in [0.15, 0.2) is 6.61 Å². The van der Waals surface area contributed by atoms with Crippen LogP contribution in [0.3, 0.4) is 0 Å². The lowest BCUT2D eigenvalue weighted by Crippen LogP contribution is -2.44. The van der Waals surface area contributed by atoms with E-state index in [9.17, 15) is 27.6 Å². The van der Waals surface area contributed by atoms with Gasteiger partial charge in [-0.2, -0.15) is 28.1 Å². The Morgan fingerprint density at radius 1 is 0.732 bits per heavy atom. The topological polar surface area (TPSA) is 159 Å². The summed E-state index contributed by atoms with van der Waals surface area (Å²) in [6, 6.07) is 29.8. The summed E-state index contributed by atoms with van der Waals surface area (Å²) in [6.45, 7) is 2.34. The van der Waals surface area contributed by atoms with Crippen LogP contribution >= 0.6 is 11.6 Å². The highest BCUT2D eigenvalue weighted by Crippen LogP contribution is 2.48. The summed E-state index contributed by atoms with van der Waals surface area (Å²) in [5.41, 5.74) is 3.01. The Labute approximate surface area is 325 Å². The fourth-order valence-corrected chi connectivity index (χ4v) is 5.68. The molecule has 0 atom stereocenters. The molecular weight excluding hydrogens is 749 g/mol. The fourth-order valence-electron chi connectivity index (χ4n) is 5.56. The number of alkyl halides is 3. The smallest absolute Gasteiger partial charge is 0.422 e. The highest BCUT2D eigenvalue weighted by atomic mass is 35.5. The van der Waals surface area contributed by atoms with E-state index in [1.807, 2.05) is 68.4 Å². The van der Waals surface area contributed by atoms with Gasteiger partial charge in [0.2, 0.25) is 11.9 Å². The molecule has 12 nitrogen and oxygen atoms in total. The first kappa shape index (κ1) is 39.5. The third kappa shape index (κ3) is 10.9. The number of benzene rings is 4. The number of nitrogens with one attached hydrogen (secondary N) is 5. The van der Waals surface area contributed by atoms with E-state index < -0.39 is 41.6 Å². The number of carbonyl (C=O) groups excluding carboxylic acids is 3. The average Bonchev–Trinajstić information content (AvgIpc) is 3.96. The van der Waals surface area contributed by atoms with Crippen molar-refractivity contribution in [3.63, 3.8) is 0 Å². The van der Waals surface area contributed by atoms with E-state index in [1.165, 1.54) is 0 Å². The highest BCUT2D eigenvalue weighted by molar-refractivity contribution is 6.39. The predicted molar refractivity (Wildman–Crippen MR) is 207 cm³/mol. The van der Waals surface area contributed by atoms with Crippen LogP contribution in [-0.2, 0) is 15.1 Å². The second kappa shape index (κ2) is 16.7. The van der Waals surface area contributed by atoms with Crippen LogP contribution in [0.25, 0.3) is 11.1 Å². The minimum Gasteiger partial charge on any atom is -0.454 e. The Bertz CT molecular complexity index is 2170. The van der Waals surface area contributed by atoms with Crippen LogP contribution in [0.5, 0.6) is 6.01 Å². The minimum atomic E-state index is -4.61. The lowest BCUT2D eigenvalue weighted by Gasteiger charge is -2.25. The van der Waals surface area contributed by atoms with Gasteiger partial charge in [0.1, 0.15) is 0 Å². The van der Waals surface area contributed by atoms with Gasteiger partial charge < -0.3 is 31.3 Å². The molecule has 3 amide bonds. The van der Waals surface area contributed by atoms with Gasteiger partial charge in [0.25, 0.3) is 5.91 Å². The van der Waals surface area contributed by atoms with Crippen molar-refractivity contribution in [1.29, 1.82) is 0 Å². The molecule has 4 aromatic carbocycles. The predicted octanol–water partition coefficient (Wildman–Crippen LogP) is 7.49. The normalized spacial score (nSPS) is 13.2. The third-order valence-corrected chi connectivity index (χ3v) is 9.04. The van der Waals surface area contributed by atoms with Gasteiger partial charge in [-0.05, 0) is 83.5 Å². The average molecular weight is 787 g/mol. The number of halogens is 4. The number of amides is 3. The van der Waals surface area contributed by atoms with Gasteiger partial charge in [0, 0.05) is 35.1 Å². The molecule has 0 saturated heterocycles. The monoisotopic (exact) mass is 786 g/mol. The third-order valence-electron chi connectivity index (χ3n) is 8.79. The second-order valence-electron chi connectivity index (χ2n) is 14.0. The van der Waals surface area contributed by atoms with E-state index >= 15 is 0 Å². The van der Waals surface area contributed by atoms with Crippen molar-refractivity contribution in [1.82, 2.24) is 25.6 Å². The summed E-state index contributed by atoms with van der Waals surface area (Å²) in [5.74, 6) is -2.09. The van der Waals surface area contributed by atoms with Crippen LogP contribution in [0.15, 0.2) is 103 Å². The number of hydrogen-bond acceptors (Lipinski definition) is 9. The number of aromatic nitrogens is 3. The second-order valence-corrected chi connectivity index (χ2v) is 14.4. The van der Waals surface area contributed by atoms with Gasteiger partial charge in [-0.15, -0.1) is 0 Å². The molecule has 0 unspecified atom stereocenters. The van der Waals surface area contributed by atoms with Crippen LogP contribution < -0.4 is 31.3 Å². The van der Waals surface area contributed by atoms with E-state index in [-0.39, 0.29) is 30.9 Å². The Morgan fingerprint density at radius 2 is 1.34 bits per heavy atom. The number of rotatable bonds is 14. The van der Waals surface area contributed by atoms with Crippen LogP contribution in [-0.4, -0.2) is 58.5 Å². The minimum absolute atomic E-state index is 0.0105. The van der Waals surface area contributed by atoms with Crippen molar-refractivity contribution >= 4 is 52.6 Å². The molecular formula is C40H38ClF3N8O4. The summed E-state index contributed by atoms with van der Waals surface area (Å²) >= 11 is 6.04. The molecule has 16 heteroatoms. The molecule has 1 heterocycles. The molecule has 1 fully saturated rings. The molecule has 5 N–H and O–H groups in total. The van der Waals surface area contributed by atoms with Gasteiger partial charge in [0.05, 0.1) is 5.54 Å². The lowest BCUT2D eigenvalue weighted by molar-refractivity contribution is -0.154. The zero-order valence-corrected chi connectivity index (χ0v) is 31.1. The molecule has 1 aromatic heterocycles. The van der Waals surface area contributed by atoms with Crippen LogP contribution in [0.2, 0.25) is 5.02 Å². The molecule has 6 rings (SSSR count). The Balaban J connectivity index is 1.01. The summed E-state index contributed by atoms with van der Waals surface area (Å²) in [4.78, 5) is 50.5. The Morgan fingerprint density at radius 3 is 1.98 bits per heavy atom. The number of anilines is 4. The molecule has 0 aliphatic heterocycles. The zero-order valence-electron chi connectivity index (χ0n) is 30.3. The van der Waals surface area contributed by atoms with E-state index in [1.54, 1.807) is 48.5 Å². The maximum atomic E-state index is 13.0. The van der Waals surface area contributed by atoms with Gasteiger partial charge in [-0.25, -0.2) is 0 Å². The molecule has 0 radical (unpaired) electrons. The summed E-state index contributed by atoms with van der Waals surface area (Å²) in [6.07, 6.45) is -3.14. The van der Waals surface area contributed by atoms with Crippen LogP contribution in [0, 0.1) is 5.41 Å². The largest absolute Gasteiger partial charge is 0.454 e. The maximum Gasteiger partial charge on any atom is 0.422 e. The van der Waals surface area contributed by atoms with Crippen molar-refractivity contribution in [3.8, 4) is 17.1 Å². The fraction of sp³-hybridized carbons (Fsp3) is 0.250. The van der Waals surface area contributed by atoms with Crippen molar-refractivity contribution in [2.24, 2.45) is 5.41 Å². The van der Waals surface area contributed by atoms with E-state index in [0.717, 1.165) is 29.5 Å². The van der Waals surface area contributed by atoms with Crippen molar-refractivity contribution in [2.45, 2.75) is 38.4 Å².